The summed E-state index contributed by atoms with van der Waals surface area (Å²) in [6, 6.07) is 30.2. The number of hydrogen-bond acceptors (Lipinski definition) is 16. The standard InChI is InChI=1S/C27H29NO6S.C25H25N3O9/c1-18-8-24(6-4-22(18)13-29)32-15-20-10-21(12-26(11-20)34-17-27(31)28-35-3)16-33-25-7-5-23(14-30)19(2)9-25;1-16-7-20(3-5-23(16)27(31)32)35-13-17-8-18(10-22(9-17)37-15-25(30)26-2)14-36-21-4-6-24(28(33)34)19(11-21)12-29/h4-13,30H,14-17H2,1-3H3,(H,28,31);3-11,29H,12-15H2,1-2H3,(H,26,30). The first-order chi connectivity index (χ1) is 34.6. The van der Waals surface area contributed by atoms with Crippen molar-refractivity contribution in [1.82, 2.24) is 10.0 Å². The Morgan fingerprint density at radius 3 is 1.39 bits per heavy atom. The number of carbonyl (C=O) groups is 3. The molecule has 4 N–H and O–H groups in total. The maximum atomic E-state index is 11.8. The van der Waals surface area contributed by atoms with E-state index in [2.05, 4.69) is 10.0 Å². The van der Waals surface area contributed by atoms with Gasteiger partial charge >= 0.3 is 0 Å². The molecule has 0 aromatic heterocycles. The van der Waals surface area contributed by atoms with Crippen LogP contribution in [0, 0.1) is 41.0 Å². The molecule has 6 aromatic carbocycles. The average molecular weight is 1010 g/mol. The van der Waals surface area contributed by atoms with Gasteiger partial charge in [0.15, 0.2) is 13.2 Å². The second kappa shape index (κ2) is 27.3. The summed E-state index contributed by atoms with van der Waals surface area (Å²) < 4.78 is 37.4. The quantitative estimate of drug-likeness (QED) is 0.0193. The SMILES string of the molecule is CNC(=O)COc1cc(COc2ccc([N+](=O)[O-])c(C)c2)cc(COc2ccc([N+](=O)[O-])c(CO)c2)c1.CSNC(=O)COc1cc(COc2ccc(C=O)c(C)c2)cc(COc2ccc(CO)c(C)c2)c1. The molecule has 0 saturated carbocycles. The molecule has 2 amide bonds. The van der Waals surface area contributed by atoms with Crippen LogP contribution in [0.15, 0.2) is 109 Å². The third-order valence-corrected chi connectivity index (χ3v) is 11.0. The number of aliphatic hydroxyl groups is 2. The van der Waals surface area contributed by atoms with Crippen molar-refractivity contribution < 1.29 is 62.9 Å². The van der Waals surface area contributed by atoms with Crippen LogP contribution in [0.5, 0.6) is 34.5 Å². The summed E-state index contributed by atoms with van der Waals surface area (Å²) in [6.07, 6.45) is 2.59. The Kier molecular flexibility index (Phi) is 20.7. The fourth-order valence-electron chi connectivity index (χ4n) is 6.82. The van der Waals surface area contributed by atoms with Crippen molar-refractivity contribution in [2.45, 2.75) is 60.4 Å². The van der Waals surface area contributed by atoms with Gasteiger partial charge in [0.1, 0.15) is 67.2 Å². The molecule has 0 saturated heterocycles. The summed E-state index contributed by atoms with van der Waals surface area (Å²) in [7, 11) is 1.49. The minimum atomic E-state index is -0.582. The first kappa shape index (κ1) is 54.7. The van der Waals surface area contributed by atoms with Crippen LogP contribution < -0.4 is 38.5 Å². The van der Waals surface area contributed by atoms with Gasteiger partial charge in [0.2, 0.25) is 0 Å². The summed E-state index contributed by atoms with van der Waals surface area (Å²) in [5.74, 6) is 2.48. The molecular weight excluding hydrogens is 953 g/mol. The zero-order valence-corrected chi connectivity index (χ0v) is 40.9. The number of ether oxygens (including phenoxy) is 6. The van der Waals surface area contributed by atoms with Crippen LogP contribution in [0.1, 0.15) is 60.4 Å². The van der Waals surface area contributed by atoms with Crippen LogP contribution in [0.3, 0.4) is 0 Å². The van der Waals surface area contributed by atoms with Gasteiger partial charge in [-0.2, -0.15) is 0 Å². The Labute approximate surface area is 419 Å². The summed E-state index contributed by atoms with van der Waals surface area (Å²) in [4.78, 5) is 55.6. The summed E-state index contributed by atoms with van der Waals surface area (Å²) in [5, 5.41) is 43.4. The second-order valence-corrected chi connectivity index (χ2v) is 16.5. The van der Waals surface area contributed by atoms with E-state index in [1.807, 2.05) is 56.3 Å². The topological polar surface area (TPSA) is 257 Å². The third-order valence-electron chi connectivity index (χ3n) is 10.5. The minimum Gasteiger partial charge on any atom is -0.489 e. The number of amides is 2. The number of hydrogen-bond donors (Lipinski definition) is 4. The van der Waals surface area contributed by atoms with Crippen molar-refractivity contribution in [3.63, 3.8) is 0 Å². The number of aldehydes is 1. The molecular formula is C52H54N4O15S. The summed E-state index contributed by atoms with van der Waals surface area (Å²) in [6.45, 7) is 5.27. The molecule has 6 rings (SSSR count). The zero-order chi connectivity index (χ0) is 52.2. The fraction of sp³-hybridized carbons (Fsp3) is 0.250. The molecule has 20 heteroatoms. The lowest BCUT2D eigenvalue weighted by molar-refractivity contribution is -0.385. The number of carbonyl (C=O) groups excluding carboxylic acids is 3. The van der Waals surface area contributed by atoms with Crippen molar-refractivity contribution in [2.24, 2.45) is 0 Å². The number of benzene rings is 6. The van der Waals surface area contributed by atoms with Gasteiger partial charge in [0, 0.05) is 36.6 Å². The molecule has 378 valence electrons. The number of aliphatic hydroxyl groups excluding tert-OH is 2. The van der Waals surface area contributed by atoms with E-state index in [0.717, 1.165) is 34.1 Å². The maximum absolute atomic E-state index is 11.8. The molecule has 0 heterocycles. The first-order valence-electron chi connectivity index (χ1n) is 22.1. The zero-order valence-electron chi connectivity index (χ0n) is 40.1. The Hall–Kier alpha value is -8.20. The molecule has 0 spiro atoms. The number of nitrogens with zero attached hydrogens (tertiary/aromatic N) is 2. The van der Waals surface area contributed by atoms with E-state index in [9.17, 15) is 44.8 Å². The number of nitro groups is 2. The molecule has 6 aromatic rings. The summed E-state index contributed by atoms with van der Waals surface area (Å²) in [5.41, 5.74) is 6.68. The number of nitrogens with one attached hydrogen (secondary N) is 2. The number of likely N-dealkylation sites (N-methyl/N-ethyl adjacent to an activating group) is 1. The normalized spacial score (nSPS) is 10.5. The van der Waals surface area contributed by atoms with Gasteiger partial charge in [0.25, 0.3) is 23.2 Å². The molecule has 0 radical (unpaired) electrons. The molecule has 0 fully saturated rings. The lowest BCUT2D eigenvalue weighted by Crippen LogP contribution is -2.24. The lowest BCUT2D eigenvalue weighted by atomic mass is 10.1. The number of aryl methyl sites for hydroxylation is 3. The smallest absolute Gasteiger partial charge is 0.275 e. The molecule has 0 atom stereocenters. The van der Waals surface area contributed by atoms with Gasteiger partial charge in [-0.05, 0) is 151 Å². The highest BCUT2D eigenvalue weighted by Gasteiger charge is 2.16. The average Bonchev–Trinajstić information content (AvgIpc) is 3.37. The Bertz CT molecular complexity index is 2880. The van der Waals surface area contributed by atoms with E-state index >= 15 is 0 Å². The molecule has 0 aliphatic rings. The van der Waals surface area contributed by atoms with Gasteiger partial charge < -0.3 is 44.0 Å². The highest BCUT2D eigenvalue weighted by atomic mass is 32.2. The van der Waals surface area contributed by atoms with Crippen molar-refractivity contribution in [3.8, 4) is 34.5 Å². The first-order valence-corrected chi connectivity index (χ1v) is 23.3. The Balaban J connectivity index is 0.000000268. The van der Waals surface area contributed by atoms with Gasteiger partial charge in [-0.1, -0.05) is 18.0 Å². The van der Waals surface area contributed by atoms with E-state index in [-0.39, 0.29) is 75.0 Å². The van der Waals surface area contributed by atoms with Crippen LogP contribution in [0.25, 0.3) is 0 Å². The molecule has 19 nitrogen and oxygen atoms in total. The monoisotopic (exact) mass is 1010 g/mol. The third kappa shape index (κ3) is 16.7. The number of rotatable bonds is 24. The van der Waals surface area contributed by atoms with Gasteiger partial charge in [-0.15, -0.1) is 0 Å². The molecule has 0 bridgehead atoms. The van der Waals surface area contributed by atoms with E-state index in [4.69, 9.17) is 28.4 Å². The second-order valence-electron chi connectivity index (χ2n) is 15.9. The van der Waals surface area contributed by atoms with Crippen LogP contribution in [-0.2, 0) is 49.2 Å². The van der Waals surface area contributed by atoms with Crippen LogP contribution >= 0.6 is 11.9 Å². The Morgan fingerprint density at radius 1 is 0.542 bits per heavy atom. The Morgan fingerprint density at radius 2 is 0.972 bits per heavy atom. The fourth-order valence-corrected chi connectivity index (χ4v) is 7.11. The largest absolute Gasteiger partial charge is 0.489 e. The highest BCUT2D eigenvalue weighted by Crippen LogP contribution is 2.28. The molecule has 0 aliphatic heterocycles. The summed E-state index contributed by atoms with van der Waals surface area (Å²) >= 11 is 1.21. The van der Waals surface area contributed by atoms with E-state index < -0.39 is 16.5 Å². The van der Waals surface area contributed by atoms with Crippen LogP contribution in [-0.4, -0.2) is 64.7 Å². The van der Waals surface area contributed by atoms with Crippen LogP contribution in [0.2, 0.25) is 0 Å². The predicted molar refractivity (Wildman–Crippen MR) is 267 cm³/mol. The van der Waals surface area contributed by atoms with E-state index in [1.165, 1.54) is 49.3 Å². The van der Waals surface area contributed by atoms with E-state index in [0.29, 0.717) is 56.8 Å². The van der Waals surface area contributed by atoms with Crippen molar-refractivity contribution in [1.29, 1.82) is 0 Å². The van der Waals surface area contributed by atoms with Crippen LogP contribution in [0.4, 0.5) is 11.4 Å². The maximum Gasteiger partial charge on any atom is 0.275 e. The van der Waals surface area contributed by atoms with Crippen molar-refractivity contribution in [2.75, 3.05) is 26.5 Å². The van der Waals surface area contributed by atoms with Gasteiger partial charge in [-0.25, -0.2) is 0 Å². The number of nitro benzene ring substituents is 2. The van der Waals surface area contributed by atoms with Crippen molar-refractivity contribution in [3.05, 3.63) is 185 Å². The van der Waals surface area contributed by atoms with Crippen molar-refractivity contribution >= 4 is 41.4 Å². The van der Waals surface area contributed by atoms with E-state index in [1.54, 1.807) is 49.6 Å². The van der Waals surface area contributed by atoms with Gasteiger partial charge in [-0.3, -0.25) is 39.3 Å². The highest BCUT2D eigenvalue weighted by molar-refractivity contribution is 7.97. The lowest BCUT2D eigenvalue weighted by Gasteiger charge is -2.14. The predicted octanol–water partition coefficient (Wildman–Crippen LogP) is 8.13. The van der Waals surface area contributed by atoms with Gasteiger partial charge in [0.05, 0.1) is 28.6 Å². The molecule has 72 heavy (non-hydrogen) atoms. The molecule has 0 aliphatic carbocycles. The minimum absolute atomic E-state index is 0.00742. The molecule has 0 unspecified atom stereocenters.